The van der Waals surface area contributed by atoms with Crippen LogP contribution in [0.4, 0.5) is 4.39 Å². The molecule has 30 heavy (non-hydrogen) atoms. The van der Waals surface area contributed by atoms with E-state index in [1.165, 1.54) is 24.3 Å². The predicted octanol–water partition coefficient (Wildman–Crippen LogP) is 2.73. The van der Waals surface area contributed by atoms with Crippen LogP contribution in [0.5, 0.6) is 11.5 Å². The van der Waals surface area contributed by atoms with E-state index in [0.717, 1.165) is 5.56 Å². The Hall–Kier alpha value is -3.46. The average molecular weight is 427 g/mol. The van der Waals surface area contributed by atoms with Crippen LogP contribution in [0.15, 0.2) is 76.9 Å². The molecular formula is C21H18FN3O4S. The topological polar surface area (TPSA) is 88.1 Å². The summed E-state index contributed by atoms with van der Waals surface area (Å²) in [5.41, 5.74) is 1.04. The van der Waals surface area contributed by atoms with Gasteiger partial charge in [-0.15, -0.1) is 4.40 Å². The summed E-state index contributed by atoms with van der Waals surface area (Å²) in [5, 5.41) is 2.78. The molecule has 7 nitrogen and oxygen atoms in total. The molecule has 0 unspecified atom stereocenters. The fraction of sp³-hybridized carbons (Fsp3) is 0.143. The highest BCUT2D eigenvalue weighted by Gasteiger charge is 2.29. The highest BCUT2D eigenvalue weighted by Crippen LogP contribution is 2.22. The number of nitrogens with one attached hydrogen (secondary N) is 1. The summed E-state index contributed by atoms with van der Waals surface area (Å²) < 4.78 is 45.9. The molecular weight excluding hydrogens is 409 g/mol. The van der Waals surface area contributed by atoms with Gasteiger partial charge in [0.2, 0.25) is 0 Å². The summed E-state index contributed by atoms with van der Waals surface area (Å²) in [5.74, 6) is 0.409. The number of allylic oxidation sites excluding steroid dienone is 2. The van der Waals surface area contributed by atoms with Crippen molar-refractivity contribution >= 4 is 21.8 Å². The van der Waals surface area contributed by atoms with E-state index in [0.29, 0.717) is 11.5 Å². The van der Waals surface area contributed by atoms with E-state index in [1.54, 1.807) is 47.5 Å². The van der Waals surface area contributed by atoms with Crippen molar-refractivity contribution in [3.8, 4) is 11.5 Å². The molecule has 0 aromatic heterocycles. The van der Waals surface area contributed by atoms with E-state index in [9.17, 15) is 17.6 Å². The number of carbonyl (C=O) groups excluding carboxylic acids is 1. The molecule has 2 aromatic rings. The number of halogens is 1. The quantitative estimate of drug-likeness (QED) is 0.793. The van der Waals surface area contributed by atoms with Crippen LogP contribution in [0.3, 0.4) is 0 Å². The number of hydrogen-bond donors (Lipinski definition) is 1. The van der Waals surface area contributed by atoms with Crippen molar-refractivity contribution in [3.05, 3.63) is 83.8 Å². The maximum atomic E-state index is 13.0. The number of benzene rings is 2. The van der Waals surface area contributed by atoms with Gasteiger partial charge in [0.25, 0.3) is 15.9 Å². The molecule has 0 atom stereocenters. The molecule has 0 fully saturated rings. The molecule has 2 aliphatic heterocycles. The molecule has 2 aliphatic rings. The number of amidine groups is 1. The first kappa shape index (κ1) is 19.8. The summed E-state index contributed by atoms with van der Waals surface area (Å²) in [6.45, 7) is 0.508. The lowest BCUT2D eigenvalue weighted by molar-refractivity contribution is -0.117. The maximum absolute atomic E-state index is 13.0. The molecule has 0 spiro atoms. The third kappa shape index (κ3) is 4.57. The van der Waals surface area contributed by atoms with Gasteiger partial charge >= 0.3 is 0 Å². The Bertz CT molecular complexity index is 1150. The second-order valence-corrected chi connectivity index (χ2v) is 8.45. The standard InChI is InChI=1S/C21H18FN3O4S/c22-16-5-9-18(10-6-16)29-17-7-3-15(4-8-17)14-23-21(26)19-2-1-11-25-12-13-30(27,28)24-20(19)25/h1-11H,12-14H2,(H,23,26). The lowest BCUT2D eigenvalue weighted by atomic mass is 10.1. The summed E-state index contributed by atoms with van der Waals surface area (Å²) in [4.78, 5) is 14.3. The number of ether oxygens (including phenoxy) is 1. The predicted molar refractivity (Wildman–Crippen MR) is 110 cm³/mol. The van der Waals surface area contributed by atoms with Crippen molar-refractivity contribution in [1.29, 1.82) is 0 Å². The van der Waals surface area contributed by atoms with Crippen LogP contribution in [0.25, 0.3) is 0 Å². The Kier molecular flexibility index (Phi) is 5.37. The van der Waals surface area contributed by atoms with Gasteiger partial charge in [-0.2, -0.15) is 0 Å². The summed E-state index contributed by atoms with van der Waals surface area (Å²) >= 11 is 0. The van der Waals surface area contributed by atoms with Crippen molar-refractivity contribution in [2.24, 2.45) is 4.40 Å². The second kappa shape index (κ2) is 8.11. The monoisotopic (exact) mass is 427 g/mol. The molecule has 2 heterocycles. The molecule has 1 N–H and O–H groups in total. The van der Waals surface area contributed by atoms with Gasteiger partial charge in [-0.1, -0.05) is 12.1 Å². The number of amides is 1. The van der Waals surface area contributed by atoms with Gasteiger partial charge in [-0.05, 0) is 54.1 Å². The van der Waals surface area contributed by atoms with E-state index in [4.69, 9.17) is 4.74 Å². The third-order valence-electron chi connectivity index (χ3n) is 4.53. The molecule has 154 valence electrons. The molecule has 0 saturated carbocycles. The van der Waals surface area contributed by atoms with Crippen LogP contribution in [-0.2, 0) is 21.4 Å². The van der Waals surface area contributed by atoms with Gasteiger partial charge in [0.15, 0.2) is 5.84 Å². The van der Waals surface area contributed by atoms with Crippen LogP contribution < -0.4 is 10.1 Å². The Morgan fingerprint density at radius 3 is 2.47 bits per heavy atom. The third-order valence-corrected chi connectivity index (χ3v) is 5.68. The van der Waals surface area contributed by atoms with E-state index in [-0.39, 0.29) is 36.1 Å². The fourth-order valence-electron chi connectivity index (χ4n) is 2.99. The van der Waals surface area contributed by atoms with Gasteiger partial charge in [0.1, 0.15) is 17.3 Å². The smallest absolute Gasteiger partial charge is 0.256 e. The molecule has 0 radical (unpaired) electrons. The zero-order valence-corrected chi connectivity index (χ0v) is 16.6. The van der Waals surface area contributed by atoms with E-state index in [1.807, 2.05) is 0 Å². The van der Waals surface area contributed by atoms with Crippen molar-refractivity contribution in [3.63, 3.8) is 0 Å². The van der Waals surface area contributed by atoms with Crippen LogP contribution in [0.2, 0.25) is 0 Å². The average Bonchev–Trinajstić information content (AvgIpc) is 2.73. The lowest BCUT2D eigenvalue weighted by Crippen LogP contribution is -2.42. The maximum Gasteiger partial charge on any atom is 0.256 e. The Morgan fingerprint density at radius 2 is 1.77 bits per heavy atom. The van der Waals surface area contributed by atoms with Crippen LogP contribution in [-0.4, -0.2) is 37.4 Å². The van der Waals surface area contributed by atoms with Crippen LogP contribution in [0, 0.1) is 5.82 Å². The van der Waals surface area contributed by atoms with E-state index >= 15 is 0 Å². The van der Waals surface area contributed by atoms with Crippen molar-refractivity contribution in [1.82, 2.24) is 10.2 Å². The summed E-state index contributed by atoms with van der Waals surface area (Å²) in [6.07, 6.45) is 4.93. The normalized spacial score (nSPS) is 16.9. The zero-order valence-electron chi connectivity index (χ0n) is 15.8. The molecule has 4 rings (SSSR count). The molecule has 2 aromatic carbocycles. The number of fused-ring (bicyclic) bond motifs is 1. The minimum atomic E-state index is -3.56. The molecule has 9 heteroatoms. The van der Waals surface area contributed by atoms with Crippen molar-refractivity contribution in [2.45, 2.75) is 6.54 Å². The lowest BCUT2D eigenvalue weighted by Gasteiger charge is -2.28. The minimum absolute atomic E-state index is 0.0813. The van der Waals surface area contributed by atoms with E-state index in [2.05, 4.69) is 9.71 Å². The SMILES string of the molecule is O=C(NCc1ccc(Oc2ccc(F)cc2)cc1)C1=CC=CN2CCS(=O)(=O)N=C12. The largest absolute Gasteiger partial charge is 0.457 e. The summed E-state index contributed by atoms with van der Waals surface area (Å²) in [7, 11) is -3.56. The Balaban J connectivity index is 1.39. The van der Waals surface area contributed by atoms with Gasteiger partial charge in [0.05, 0.1) is 11.3 Å². The Labute approximate surface area is 173 Å². The Morgan fingerprint density at radius 1 is 1.10 bits per heavy atom. The van der Waals surface area contributed by atoms with Gasteiger partial charge in [-0.25, -0.2) is 12.8 Å². The summed E-state index contributed by atoms with van der Waals surface area (Å²) in [6, 6.07) is 12.8. The molecule has 0 saturated heterocycles. The highest BCUT2D eigenvalue weighted by atomic mass is 32.2. The van der Waals surface area contributed by atoms with Crippen LogP contribution in [0.1, 0.15) is 5.56 Å². The highest BCUT2D eigenvalue weighted by molar-refractivity contribution is 7.90. The number of carbonyl (C=O) groups is 1. The number of nitrogens with zero attached hydrogens (tertiary/aromatic N) is 2. The molecule has 1 amide bonds. The van der Waals surface area contributed by atoms with Crippen molar-refractivity contribution < 1.29 is 22.3 Å². The first-order valence-electron chi connectivity index (χ1n) is 9.18. The first-order valence-corrected chi connectivity index (χ1v) is 10.8. The van der Waals surface area contributed by atoms with Crippen molar-refractivity contribution in [2.75, 3.05) is 12.3 Å². The van der Waals surface area contributed by atoms with Crippen LogP contribution >= 0.6 is 0 Å². The minimum Gasteiger partial charge on any atom is -0.457 e. The number of hydrogen-bond acceptors (Lipinski definition) is 5. The molecule has 0 aliphatic carbocycles. The van der Waals surface area contributed by atoms with Gasteiger partial charge in [0, 0.05) is 19.3 Å². The second-order valence-electron chi connectivity index (χ2n) is 6.70. The van der Waals surface area contributed by atoms with E-state index < -0.39 is 15.9 Å². The molecule has 0 bridgehead atoms. The first-order chi connectivity index (χ1) is 14.4. The van der Waals surface area contributed by atoms with Gasteiger partial charge in [-0.3, -0.25) is 4.79 Å². The number of rotatable bonds is 5. The van der Waals surface area contributed by atoms with Gasteiger partial charge < -0.3 is 15.0 Å². The zero-order chi connectivity index (χ0) is 21.1. The fourth-order valence-corrected chi connectivity index (χ4v) is 3.97. The number of sulfonamides is 1.